The molecule has 1 heterocycles. The molecule has 0 aliphatic carbocycles. The van der Waals surface area contributed by atoms with Crippen LogP contribution in [0.4, 0.5) is 4.79 Å². The Kier molecular flexibility index (Phi) is 5.95. The van der Waals surface area contributed by atoms with Crippen LogP contribution in [0.15, 0.2) is 0 Å². The summed E-state index contributed by atoms with van der Waals surface area (Å²) in [5.41, 5.74) is 0.0719. The number of aliphatic hydroxyl groups is 1. The third kappa shape index (κ3) is 4.76. The van der Waals surface area contributed by atoms with Crippen LogP contribution in [0.3, 0.4) is 0 Å². The quantitative estimate of drug-likeness (QED) is 0.755. The van der Waals surface area contributed by atoms with Crippen molar-refractivity contribution in [1.29, 1.82) is 0 Å². The van der Waals surface area contributed by atoms with Gasteiger partial charge in [-0.05, 0) is 26.7 Å². The molecule has 114 valence electrons. The number of carbonyl (C=O) groups excluding carboxylic acids is 1. The molecule has 1 rings (SSSR count). The van der Waals surface area contributed by atoms with Gasteiger partial charge in [-0.15, -0.1) is 11.3 Å². The van der Waals surface area contributed by atoms with E-state index in [9.17, 15) is 9.90 Å². The topological polar surface area (TPSA) is 74.2 Å². The number of aryl methyl sites for hydroxylation is 2. The lowest BCUT2D eigenvalue weighted by Gasteiger charge is -2.29. The molecule has 3 N–H and O–H groups in total. The first-order valence-electron chi connectivity index (χ1n) is 6.93. The maximum Gasteiger partial charge on any atom is 0.315 e. The van der Waals surface area contributed by atoms with E-state index in [4.69, 9.17) is 0 Å². The molecule has 5 nitrogen and oxygen atoms in total. The highest BCUT2D eigenvalue weighted by molar-refractivity contribution is 7.11. The molecule has 2 amide bonds. The van der Waals surface area contributed by atoms with Crippen molar-refractivity contribution >= 4 is 17.4 Å². The SMILES string of the molecule is CCC(C)C(C)(O)CNC(=O)NCc1sc(C)nc1C. The lowest BCUT2D eigenvalue weighted by molar-refractivity contribution is 0.00790. The van der Waals surface area contributed by atoms with Crippen LogP contribution < -0.4 is 10.6 Å². The summed E-state index contributed by atoms with van der Waals surface area (Å²) in [4.78, 5) is 17.1. The second kappa shape index (κ2) is 7.04. The summed E-state index contributed by atoms with van der Waals surface area (Å²) < 4.78 is 0. The maximum absolute atomic E-state index is 11.7. The first-order valence-corrected chi connectivity index (χ1v) is 7.75. The van der Waals surface area contributed by atoms with E-state index in [0.717, 1.165) is 22.0 Å². The molecule has 6 heteroatoms. The van der Waals surface area contributed by atoms with E-state index in [1.165, 1.54) is 0 Å². The van der Waals surface area contributed by atoms with Crippen molar-refractivity contribution in [2.75, 3.05) is 6.54 Å². The summed E-state index contributed by atoms with van der Waals surface area (Å²) in [7, 11) is 0. The van der Waals surface area contributed by atoms with Gasteiger partial charge in [-0.2, -0.15) is 0 Å². The number of hydrogen-bond acceptors (Lipinski definition) is 4. The molecule has 0 aromatic carbocycles. The van der Waals surface area contributed by atoms with Crippen LogP contribution in [-0.2, 0) is 6.54 Å². The highest BCUT2D eigenvalue weighted by Crippen LogP contribution is 2.19. The number of nitrogens with one attached hydrogen (secondary N) is 2. The van der Waals surface area contributed by atoms with E-state index in [0.29, 0.717) is 6.54 Å². The average molecular weight is 299 g/mol. The van der Waals surface area contributed by atoms with Gasteiger partial charge in [0, 0.05) is 11.4 Å². The number of hydrogen-bond donors (Lipinski definition) is 3. The third-order valence-electron chi connectivity index (χ3n) is 3.69. The first-order chi connectivity index (χ1) is 9.26. The number of amides is 2. The fourth-order valence-electron chi connectivity index (χ4n) is 1.83. The van der Waals surface area contributed by atoms with Gasteiger partial charge in [0.25, 0.3) is 0 Å². The maximum atomic E-state index is 11.7. The van der Waals surface area contributed by atoms with Gasteiger partial charge in [0.1, 0.15) is 0 Å². The van der Waals surface area contributed by atoms with E-state index in [1.807, 2.05) is 27.7 Å². The van der Waals surface area contributed by atoms with Crippen molar-refractivity contribution < 1.29 is 9.90 Å². The van der Waals surface area contributed by atoms with Crippen LogP contribution in [0, 0.1) is 19.8 Å². The molecule has 0 fully saturated rings. The smallest absolute Gasteiger partial charge is 0.315 e. The van der Waals surface area contributed by atoms with Gasteiger partial charge >= 0.3 is 6.03 Å². The number of nitrogens with zero attached hydrogens (tertiary/aromatic N) is 1. The molecule has 0 saturated heterocycles. The van der Waals surface area contributed by atoms with Crippen molar-refractivity contribution in [3.05, 3.63) is 15.6 Å². The largest absolute Gasteiger partial charge is 0.388 e. The van der Waals surface area contributed by atoms with E-state index in [1.54, 1.807) is 18.3 Å². The van der Waals surface area contributed by atoms with Crippen molar-refractivity contribution in [3.63, 3.8) is 0 Å². The number of thiazole rings is 1. The van der Waals surface area contributed by atoms with Crippen LogP contribution in [0.2, 0.25) is 0 Å². The standard InChI is InChI=1S/C14H25N3O2S/c1-6-9(2)14(5,19)8-16-13(18)15-7-12-10(3)17-11(4)20-12/h9,19H,6-8H2,1-5H3,(H2,15,16,18). The van der Waals surface area contributed by atoms with Gasteiger partial charge in [0.2, 0.25) is 0 Å². The third-order valence-corrected chi connectivity index (χ3v) is 4.76. The van der Waals surface area contributed by atoms with Crippen LogP contribution in [-0.4, -0.2) is 28.3 Å². The molecule has 0 bridgehead atoms. The van der Waals surface area contributed by atoms with Crippen LogP contribution in [0.5, 0.6) is 0 Å². The highest BCUT2D eigenvalue weighted by atomic mass is 32.1. The van der Waals surface area contributed by atoms with Gasteiger partial charge < -0.3 is 15.7 Å². The van der Waals surface area contributed by atoms with Gasteiger partial charge in [-0.1, -0.05) is 20.3 Å². The van der Waals surface area contributed by atoms with E-state index >= 15 is 0 Å². The first kappa shape index (κ1) is 16.9. The van der Waals surface area contributed by atoms with E-state index in [2.05, 4.69) is 15.6 Å². The van der Waals surface area contributed by atoms with E-state index < -0.39 is 5.60 Å². The Morgan fingerprint density at radius 1 is 1.45 bits per heavy atom. The minimum atomic E-state index is -0.886. The molecule has 0 aliphatic rings. The highest BCUT2D eigenvalue weighted by Gasteiger charge is 2.27. The van der Waals surface area contributed by atoms with Crippen molar-refractivity contribution in [3.8, 4) is 0 Å². The molecule has 20 heavy (non-hydrogen) atoms. The molecule has 2 unspecified atom stereocenters. The molecule has 1 aromatic heterocycles. The summed E-state index contributed by atoms with van der Waals surface area (Å²) in [6.07, 6.45) is 0.871. The predicted octanol–water partition coefficient (Wildman–Crippen LogP) is 2.36. The zero-order chi connectivity index (χ0) is 15.3. The Balaban J connectivity index is 2.39. The van der Waals surface area contributed by atoms with Crippen molar-refractivity contribution in [2.24, 2.45) is 5.92 Å². The summed E-state index contributed by atoms with van der Waals surface area (Å²) in [6.45, 7) is 10.3. The fourth-order valence-corrected chi connectivity index (χ4v) is 2.71. The molecular formula is C14H25N3O2S. The molecule has 0 aliphatic heterocycles. The zero-order valence-corrected chi connectivity index (χ0v) is 13.7. The second-order valence-electron chi connectivity index (χ2n) is 5.44. The molecule has 1 aromatic rings. The Hall–Kier alpha value is -1.14. The Labute approximate surface area is 124 Å². The number of rotatable bonds is 6. The van der Waals surface area contributed by atoms with Gasteiger partial charge in [-0.25, -0.2) is 9.78 Å². The number of aromatic nitrogens is 1. The Bertz CT molecular complexity index is 457. The minimum Gasteiger partial charge on any atom is -0.388 e. The summed E-state index contributed by atoms with van der Waals surface area (Å²) >= 11 is 1.59. The summed E-state index contributed by atoms with van der Waals surface area (Å²) in [5.74, 6) is 0.134. The van der Waals surface area contributed by atoms with Crippen molar-refractivity contribution in [2.45, 2.75) is 53.2 Å². The molecule has 2 atom stereocenters. The lowest BCUT2D eigenvalue weighted by Crippen LogP contribution is -2.47. The fraction of sp³-hybridized carbons (Fsp3) is 0.714. The normalized spacial score (nSPS) is 15.5. The molecular weight excluding hydrogens is 274 g/mol. The molecule has 0 radical (unpaired) electrons. The lowest BCUT2D eigenvalue weighted by atomic mass is 9.89. The van der Waals surface area contributed by atoms with E-state index in [-0.39, 0.29) is 18.5 Å². The predicted molar refractivity (Wildman–Crippen MR) is 81.9 cm³/mol. The van der Waals surface area contributed by atoms with Crippen LogP contribution >= 0.6 is 11.3 Å². The molecule has 0 spiro atoms. The summed E-state index contributed by atoms with van der Waals surface area (Å²) in [6, 6.07) is -0.265. The number of urea groups is 1. The molecule has 0 saturated carbocycles. The minimum absolute atomic E-state index is 0.134. The van der Waals surface area contributed by atoms with Gasteiger partial charge in [-0.3, -0.25) is 0 Å². The van der Waals surface area contributed by atoms with Gasteiger partial charge in [0.05, 0.1) is 22.8 Å². The average Bonchev–Trinajstić information content (AvgIpc) is 2.71. The van der Waals surface area contributed by atoms with Crippen LogP contribution in [0.1, 0.15) is 42.8 Å². The second-order valence-corrected chi connectivity index (χ2v) is 6.73. The van der Waals surface area contributed by atoms with Gasteiger partial charge in [0.15, 0.2) is 0 Å². The Morgan fingerprint density at radius 3 is 2.60 bits per heavy atom. The number of carbonyl (C=O) groups is 1. The van der Waals surface area contributed by atoms with Crippen LogP contribution in [0.25, 0.3) is 0 Å². The van der Waals surface area contributed by atoms with Crippen molar-refractivity contribution in [1.82, 2.24) is 15.6 Å². The monoisotopic (exact) mass is 299 g/mol. The Morgan fingerprint density at radius 2 is 2.10 bits per heavy atom. The zero-order valence-electron chi connectivity index (χ0n) is 12.9. The summed E-state index contributed by atoms with van der Waals surface area (Å²) in [5, 5.41) is 16.7.